The van der Waals surface area contributed by atoms with Crippen molar-refractivity contribution >= 4 is 11.9 Å². The van der Waals surface area contributed by atoms with Crippen LogP contribution in [0.1, 0.15) is 26.3 Å². The topological polar surface area (TPSA) is 97.8 Å². The minimum atomic E-state index is -4.47. The zero-order valence-corrected chi connectivity index (χ0v) is 14.7. The Morgan fingerprint density at radius 3 is 2.46 bits per heavy atom. The van der Waals surface area contributed by atoms with Gasteiger partial charge in [0.05, 0.1) is 18.2 Å². The Kier molecular flexibility index (Phi) is 6.80. The third-order valence-electron chi connectivity index (χ3n) is 3.60. The molecular weight excluding hydrogens is 381 g/mol. The minimum absolute atomic E-state index is 0.0866. The number of carbonyl (C=O) groups excluding carboxylic acids is 1. The van der Waals surface area contributed by atoms with E-state index in [1.54, 1.807) is 6.07 Å². The van der Waals surface area contributed by atoms with Crippen LogP contribution in [0.3, 0.4) is 0 Å². The van der Waals surface area contributed by atoms with Crippen molar-refractivity contribution in [3.63, 3.8) is 0 Å². The third-order valence-corrected chi connectivity index (χ3v) is 3.60. The van der Waals surface area contributed by atoms with Gasteiger partial charge in [-0.1, -0.05) is 6.07 Å². The highest BCUT2D eigenvalue weighted by Gasteiger charge is 2.28. The maximum atomic E-state index is 12.1. The number of alkyl halides is 3. The molecule has 0 saturated carbocycles. The summed E-state index contributed by atoms with van der Waals surface area (Å²) in [5.41, 5.74) is 0.956. The molecule has 1 heterocycles. The molecule has 1 aromatic heterocycles. The van der Waals surface area contributed by atoms with Gasteiger partial charge in [-0.2, -0.15) is 13.2 Å². The molecule has 0 bridgehead atoms. The second-order valence-corrected chi connectivity index (χ2v) is 5.63. The molecule has 1 amide bonds. The predicted molar refractivity (Wildman–Crippen MR) is 91.8 cm³/mol. The van der Waals surface area contributed by atoms with Gasteiger partial charge in [0, 0.05) is 18.8 Å². The lowest BCUT2D eigenvalue weighted by Gasteiger charge is -2.11. The van der Waals surface area contributed by atoms with Gasteiger partial charge in [0.1, 0.15) is 5.75 Å². The van der Waals surface area contributed by atoms with Crippen LogP contribution in [-0.4, -0.2) is 48.4 Å². The van der Waals surface area contributed by atoms with Crippen LogP contribution in [-0.2, 0) is 6.42 Å². The second kappa shape index (κ2) is 9.07. The van der Waals surface area contributed by atoms with Crippen molar-refractivity contribution in [2.75, 3.05) is 20.3 Å². The molecule has 150 valence electrons. The summed E-state index contributed by atoms with van der Waals surface area (Å²) >= 11 is 0. The first kappa shape index (κ1) is 21.0. The fourth-order valence-corrected chi connectivity index (χ4v) is 2.25. The Hall–Kier alpha value is -3.30. The van der Waals surface area contributed by atoms with E-state index in [0.717, 1.165) is 6.20 Å². The van der Waals surface area contributed by atoms with Crippen LogP contribution in [0.5, 0.6) is 11.6 Å². The number of aromatic nitrogens is 1. The smallest absolute Gasteiger partial charge is 0.422 e. The van der Waals surface area contributed by atoms with Crippen molar-refractivity contribution in [3.05, 3.63) is 53.2 Å². The van der Waals surface area contributed by atoms with E-state index in [0.29, 0.717) is 17.7 Å². The molecule has 7 nitrogen and oxygen atoms in total. The normalized spacial score (nSPS) is 11.0. The molecule has 0 radical (unpaired) electrons. The van der Waals surface area contributed by atoms with Crippen LogP contribution in [0.4, 0.5) is 13.2 Å². The number of carbonyl (C=O) groups is 2. The SMILES string of the molecule is COc1cc(C(=O)O)ccc1CCNC(=O)c1ccc(OCC(F)(F)F)nc1. The summed E-state index contributed by atoms with van der Waals surface area (Å²) in [6.07, 6.45) is -2.97. The quantitative estimate of drug-likeness (QED) is 0.710. The number of pyridine rings is 1. The van der Waals surface area contributed by atoms with E-state index >= 15 is 0 Å². The predicted octanol–water partition coefficient (Wildman–Crippen LogP) is 2.70. The molecule has 0 fully saturated rings. The van der Waals surface area contributed by atoms with Crippen molar-refractivity contribution in [2.24, 2.45) is 0 Å². The third kappa shape index (κ3) is 6.15. The summed E-state index contributed by atoms with van der Waals surface area (Å²) in [6.45, 7) is -1.23. The second-order valence-electron chi connectivity index (χ2n) is 5.63. The number of ether oxygens (including phenoxy) is 2. The first-order chi connectivity index (χ1) is 13.2. The number of carboxylic acid groups (broad SMARTS) is 1. The molecule has 0 aliphatic heterocycles. The van der Waals surface area contributed by atoms with E-state index in [1.165, 1.54) is 31.4 Å². The largest absolute Gasteiger partial charge is 0.496 e. The molecule has 0 saturated heterocycles. The van der Waals surface area contributed by atoms with E-state index < -0.39 is 24.7 Å². The molecule has 0 aliphatic carbocycles. The van der Waals surface area contributed by atoms with Crippen molar-refractivity contribution in [1.82, 2.24) is 10.3 Å². The van der Waals surface area contributed by atoms with Gasteiger partial charge >= 0.3 is 12.1 Å². The average molecular weight is 398 g/mol. The van der Waals surface area contributed by atoms with E-state index in [-0.39, 0.29) is 23.6 Å². The van der Waals surface area contributed by atoms with Crippen molar-refractivity contribution in [2.45, 2.75) is 12.6 Å². The van der Waals surface area contributed by atoms with Crippen LogP contribution < -0.4 is 14.8 Å². The van der Waals surface area contributed by atoms with Gasteiger partial charge in [-0.05, 0) is 30.2 Å². The van der Waals surface area contributed by atoms with E-state index in [9.17, 15) is 22.8 Å². The molecular formula is C18H17F3N2O5. The van der Waals surface area contributed by atoms with Gasteiger partial charge in [-0.15, -0.1) is 0 Å². The lowest BCUT2D eigenvalue weighted by atomic mass is 10.1. The molecule has 2 rings (SSSR count). The zero-order chi connectivity index (χ0) is 20.7. The molecule has 2 aromatic rings. The van der Waals surface area contributed by atoms with Crippen molar-refractivity contribution in [3.8, 4) is 11.6 Å². The molecule has 2 N–H and O–H groups in total. The average Bonchev–Trinajstić information content (AvgIpc) is 2.66. The van der Waals surface area contributed by atoms with Gasteiger partial charge in [-0.25, -0.2) is 9.78 Å². The molecule has 0 atom stereocenters. The molecule has 0 aliphatic rings. The Morgan fingerprint density at radius 2 is 1.89 bits per heavy atom. The number of rotatable bonds is 8. The van der Waals surface area contributed by atoms with Crippen LogP contribution in [0.15, 0.2) is 36.5 Å². The summed E-state index contributed by atoms with van der Waals surface area (Å²) < 4.78 is 45.9. The van der Waals surface area contributed by atoms with Gasteiger partial charge in [-0.3, -0.25) is 4.79 Å². The van der Waals surface area contributed by atoms with Crippen molar-refractivity contribution < 1.29 is 37.3 Å². The Balaban J connectivity index is 1.89. The maximum absolute atomic E-state index is 12.1. The van der Waals surface area contributed by atoms with Gasteiger partial charge in [0.2, 0.25) is 5.88 Å². The molecule has 1 aromatic carbocycles. The summed E-state index contributed by atoms with van der Waals surface area (Å²) in [4.78, 5) is 26.7. The first-order valence-corrected chi connectivity index (χ1v) is 8.03. The van der Waals surface area contributed by atoms with E-state index in [4.69, 9.17) is 9.84 Å². The van der Waals surface area contributed by atoms with Crippen molar-refractivity contribution in [1.29, 1.82) is 0 Å². The Bertz CT molecular complexity index is 838. The van der Waals surface area contributed by atoms with Crippen LogP contribution in [0.2, 0.25) is 0 Å². The fourth-order valence-electron chi connectivity index (χ4n) is 2.25. The number of halogens is 3. The van der Waals surface area contributed by atoms with Crippen LogP contribution in [0, 0.1) is 0 Å². The molecule has 0 unspecified atom stereocenters. The highest BCUT2D eigenvalue weighted by atomic mass is 19.4. The van der Waals surface area contributed by atoms with Gasteiger partial charge in [0.15, 0.2) is 6.61 Å². The number of aromatic carboxylic acids is 1. The number of hydrogen-bond acceptors (Lipinski definition) is 5. The number of benzene rings is 1. The lowest BCUT2D eigenvalue weighted by Crippen LogP contribution is -2.26. The van der Waals surface area contributed by atoms with Gasteiger partial charge < -0.3 is 19.9 Å². The summed E-state index contributed by atoms with van der Waals surface area (Å²) in [5, 5.41) is 11.6. The Labute approximate surface area is 158 Å². The van der Waals surface area contributed by atoms with E-state index in [2.05, 4.69) is 15.0 Å². The number of nitrogens with one attached hydrogen (secondary N) is 1. The zero-order valence-electron chi connectivity index (χ0n) is 14.7. The maximum Gasteiger partial charge on any atom is 0.422 e. The molecule has 0 spiro atoms. The van der Waals surface area contributed by atoms with E-state index in [1.807, 2.05) is 0 Å². The monoisotopic (exact) mass is 398 g/mol. The number of nitrogens with zero attached hydrogens (tertiary/aromatic N) is 1. The highest BCUT2D eigenvalue weighted by molar-refractivity contribution is 5.93. The van der Waals surface area contributed by atoms with Crippen LogP contribution >= 0.6 is 0 Å². The number of amides is 1. The minimum Gasteiger partial charge on any atom is -0.496 e. The molecule has 28 heavy (non-hydrogen) atoms. The number of carboxylic acids is 1. The van der Waals surface area contributed by atoms with Crippen LogP contribution in [0.25, 0.3) is 0 Å². The fraction of sp³-hybridized carbons (Fsp3) is 0.278. The lowest BCUT2D eigenvalue weighted by molar-refractivity contribution is -0.154. The molecule has 10 heteroatoms. The number of methoxy groups -OCH3 is 1. The standard InChI is InChI=1S/C18H17F3N2O5/c1-27-14-8-12(17(25)26)3-2-11(14)6-7-22-16(24)13-4-5-15(23-9-13)28-10-18(19,20)21/h2-5,8-9H,6-7,10H2,1H3,(H,22,24)(H,25,26). The number of hydrogen-bond donors (Lipinski definition) is 2. The summed E-state index contributed by atoms with van der Waals surface area (Å²) in [5.74, 6) is -1.39. The first-order valence-electron chi connectivity index (χ1n) is 8.03. The summed E-state index contributed by atoms with van der Waals surface area (Å²) in [6, 6.07) is 6.90. The Morgan fingerprint density at radius 1 is 1.18 bits per heavy atom. The highest BCUT2D eigenvalue weighted by Crippen LogP contribution is 2.21. The van der Waals surface area contributed by atoms with Gasteiger partial charge in [0.25, 0.3) is 5.91 Å². The summed E-state index contributed by atoms with van der Waals surface area (Å²) in [7, 11) is 1.41.